The molecule has 0 bridgehead atoms. The monoisotopic (exact) mass is 232 g/mol. The minimum atomic E-state index is -0.186. The van der Waals surface area contributed by atoms with Crippen molar-refractivity contribution in [2.45, 2.75) is 6.42 Å². The summed E-state index contributed by atoms with van der Waals surface area (Å²) in [6.07, 6.45) is 0.318. The Labute approximate surface area is 98.0 Å². The number of aromatic hydroxyl groups is 4. The van der Waals surface area contributed by atoms with Crippen LogP contribution in [0, 0.1) is 0 Å². The molecule has 0 aliphatic heterocycles. The molecule has 2 aromatic carbocycles. The van der Waals surface area contributed by atoms with Gasteiger partial charge in [-0.1, -0.05) is 12.1 Å². The third-order valence-electron chi connectivity index (χ3n) is 2.50. The van der Waals surface area contributed by atoms with Gasteiger partial charge >= 0.3 is 0 Å². The van der Waals surface area contributed by atoms with E-state index in [9.17, 15) is 10.2 Å². The zero-order chi connectivity index (χ0) is 12.4. The van der Waals surface area contributed by atoms with E-state index >= 15 is 0 Å². The molecule has 0 saturated heterocycles. The summed E-state index contributed by atoms with van der Waals surface area (Å²) < 4.78 is 0. The fraction of sp³-hybridized carbons (Fsp3) is 0.0769. The largest absolute Gasteiger partial charge is 0.508 e. The maximum atomic E-state index is 9.62. The van der Waals surface area contributed by atoms with E-state index in [1.54, 1.807) is 12.1 Å². The van der Waals surface area contributed by atoms with E-state index in [1.165, 1.54) is 24.3 Å². The van der Waals surface area contributed by atoms with E-state index in [4.69, 9.17) is 10.2 Å². The topological polar surface area (TPSA) is 80.9 Å². The van der Waals surface area contributed by atoms with Crippen molar-refractivity contribution in [1.82, 2.24) is 0 Å². The Bertz CT molecular complexity index is 509. The first-order valence-electron chi connectivity index (χ1n) is 5.08. The molecule has 4 heteroatoms. The maximum Gasteiger partial charge on any atom is 0.126 e. The fourth-order valence-electron chi connectivity index (χ4n) is 1.63. The van der Waals surface area contributed by atoms with Gasteiger partial charge in [0.2, 0.25) is 0 Å². The van der Waals surface area contributed by atoms with Gasteiger partial charge in [0, 0.05) is 24.1 Å². The zero-order valence-electron chi connectivity index (χ0n) is 8.96. The molecule has 0 atom stereocenters. The average molecular weight is 232 g/mol. The average Bonchev–Trinajstić information content (AvgIpc) is 2.26. The molecule has 0 aliphatic rings. The molecule has 0 spiro atoms. The molecule has 0 amide bonds. The second-order valence-corrected chi connectivity index (χ2v) is 3.81. The molecule has 0 aromatic heterocycles. The van der Waals surface area contributed by atoms with Gasteiger partial charge in [0.1, 0.15) is 23.0 Å². The standard InChI is InChI=1S/C13H12O4/c14-9-3-1-8(2-4-9)5-11-12(16)6-10(15)7-13(11)17/h1-4,6-7,14-17H,5H2. The van der Waals surface area contributed by atoms with Gasteiger partial charge in [0.25, 0.3) is 0 Å². The van der Waals surface area contributed by atoms with Crippen molar-refractivity contribution in [3.63, 3.8) is 0 Å². The molecule has 0 fully saturated rings. The summed E-state index contributed by atoms with van der Waals surface area (Å²) in [5, 5.41) is 37.5. The third kappa shape index (κ3) is 2.42. The molecule has 2 rings (SSSR count). The van der Waals surface area contributed by atoms with Crippen molar-refractivity contribution < 1.29 is 20.4 Å². The second kappa shape index (κ2) is 4.25. The van der Waals surface area contributed by atoms with Crippen molar-refractivity contribution in [2.24, 2.45) is 0 Å². The predicted octanol–water partition coefficient (Wildman–Crippen LogP) is 2.10. The number of benzene rings is 2. The number of phenols is 4. The van der Waals surface area contributed by atoms with Crippen LogP contribution in [0.15, 0.2) is 36.4 Å². The second-order valence-electron chi connectivity index (χ2n) is 3.81. The lowest BCUT2D eigenvalue weighted by molar-refractivity contribution is 0.420. The number of rotatable bonds is 2. The maximum absolute atomic E-state index is 9.62. The highest BCUT2D eigenvalue weighted by molar-refractivity contribution is 5.50. The van der Waals surface area contributed by atoms with Crippen LogP contribution >= 0.6 is 0 Å². The highest BCUT2D eigenvalue weighted by Crippen LogP contribution is 2.33. The van der Waals surface area contributed by atoms with Crippen molar-refractivity contribution in [1.29, 1.82) is 0 Å². The molecule has 4 N–H and O–H groups in total. The summed E-state index contributed by atoms with van der Waals surface area (Å²) >= 11 is 0. The lowest BCUT2D eigenvalue weighted by atomic mass is 10.0. The molecule has 0 aliphatic carbocycles. The summed E-state index contributed by atoms with van der Waals surface area (Å²) in [7, 11) is 0. The normalized spacial score (nSPS) is 10.4. The van der Waals surface area contributed by atoms with Gasteiger partial charge in [0.15, 0.2) is 0 Å². The molecule has 0 heterocycles. The third-order valence-corrected chi connectivity index (χ3v) is 2.50. The lowest BCUT2D eigenvalue weighted by Crippen LogP contribution is -1.89. The van der Waals surface area contributed by atoms with Crippen molar-refractivity contribution in [3.05, 3.63) is 47.5 Å². The van der Waals surface area contributed by atoms with Crippen LogP contribution in [0.2, 0.25) is 0 Å². The fourth-order valence-corrected chi connectivity index (χ4v) is 1.63. The van der Waals surface area contributed by atoms with Crippen LogP contribution in [-0.4, -0.2) is 20.4 Å². The van der Waals surface area contributed by atoms with Crippen LogP contribution in [0.3, 0.4) is 0 Å². The van der Waals surface area contributed by atoms with E-state index in [0.717, 1.165) is 5.56 Å². The molecule has 2 aromatic rings. The Balaban J connectivity index is 2.33. The Kier molecular flexibility index (Phi) is 2.78. The first kappa shape index (κ1) is 11.1. The molecule has 0 saturated carbocycles. The summed E-state index contributed by atoms with van der Waals surface area (Å²) in [5.74, 6) is -0.339. The van der Waals surface area contributed by atoms with Crippen LogP contribution < -0.4 is 0 Å². The van der Waals surface area contributed by atoms with E-state index in [2.05, 4.69) is 0 Å². The van der Waals surface area contributed by atoms with Crippen LogP contribution in [0.25, 0.3) is 0 Å². The van der Waals surface area contributed by atoms with Gasteiger partial charge in [-0.3, -0.25) is 0 Å². The van der Waals surface area contributed by atoms with E-state index < -0.39 is 0 Å². The summed E-state index contributed by atoms with van der Waals surface area (Å²) in [6, 6.07) is 8.81. The van der Waals surface area contributed by atoms with Gasteiger partial charge < -0.3 is 20.4 Å². The molecule has 0 radical (unpaired) electrons. The molecular weight excluding hydrogens is 220 g/mol. The highest BCUT2D eigenvalue weighted by atomic mass is 16.3. The van der Waals surface area contributed by atoms with Crippen LogP contribution in [-0.2, 0) is 6.42 Å². The molecular formula is C13H12O4. The Morgan fingerprint density at radius 2 is 1.24 bits per heavy atom. The van der Waals surface area contributed by atoms with Gasteiger partial charge in [-0.05, 0) is 17.7 Å². The van der Waals surface area contributed by atoms with E-state index in [-0.39, 0.29) is 23.0 Å². The van der Waals surface area contributed by atoms with E-state index in [0.29, 0.717) is 12.0 Å². The van der Waals surface area contributed by atoms with Gasteiger partial charge in [-0.15, -0.1) is 0 Å². The number of hydrogen-bond donors (Lipinski definition) is 4. The molecule has 0 unspecified atom stereocenters. The van der Waals surface area contributed by atoms with Crippen LogP contribution in [0.4, 0.5) is 0 Å². The predicted molar refractivity (Wildman–Crippen MR) is 62.3 cm³/mol. The minimum absolute atomic E-state index is 0.157. The number of phenolic OH excluding ortho intramolecular Hbond substituents is 4. The Hall–Kier alpha value is -2.36. The van der Waals surface area contributed by atoms with Gasteiger partial charge in [-0.2, -0.15) is 0 Å². The first-order valence-corrected chi connectivity index (χ1v) is 5.08. The van der Waals surface area contributed by atoms with E-state index in [1.807, 2.05) is 0 Å². The van der Waals surface area contributed by atoms with Crippen LogP contribution in [0.5, 0.6) is 23.0 Å². The quantitative estimate of drug-likeness (QED) is 0.639. The molecule has 4 nitrogen and oxygen atoms in total. The summed E-state index contributed by atoms with van der Waals surface area (Å²) in [6.45, 7) is 0. The summed E-state index contributed by atoms with van der Waals surface area (Å²) in [5.41, 5.74) is 1.17. The zero-order valence-corrected chi connectivity index (χ0v) is 8.96. The van der Waals surface area contributed by atoms with Gasteiger partial charge in [-0.25, -0.2) is 0 Å². The highest BCUT2D eigenvalue weighted by Gasteiger charge is 2.10. The Morgan fingerprint density at radius 1 is 0.706 bits per heavy atom. The first-order chi connectivity index (χ1) is 8.06. The van der Waals surface area contributed by atoms with Crippen LogP contribution in [0.1, 0.15) is 11.1 Å². The van der Waals surface area contributed by atoms with Crippen molar-refractivity contribution in [3.8, 4) is 23.0 Å². The molecule has 17 heavy (non-hydrogen) atoms. The smallest absolute Gasteiger partial charge is 0.126 e. The Morgan fingerprint density at radius 3 is 1.76 bits per heavy atom. The molecule has 88 valence electrons. The van der Waals surface area contributed by atoms with Crippen molar-refractivity contribution in [2.75, 3.05) is 0 Å². The van der Waals surface area contributed by atoms with Gasteiger partial charge in [0.05, 0.1) is 0 Å². The lowest BCUT2D eigenvalue weighted by Gasteiger charge is -2.08. The van der Waals surface area contributed by atoms with Crippen molar-refractivity contribution >= 4 is 0 Å². The summed E-state index contributed by atoms with van der Waals surface area (Å²) in [4.78, 5) is 0. The minimum Gasteiger partial charge on any atom is -0.508 e. The SMILES string of the molecule is Oc1ccc(Cc2c(O)cc(O)cc2O)cc1. The number of hydrogen-bond acceptors (Lipinski definition) is 4.